The van der Waals surface area contributed by atoms with E-state index in [0.717, 1.165) is 24.2 Å². The minimum absolute atomic E-state index is 0.0937. The third-order valence-electron chi connectivity index (χ3n) is 3.68. The fraction of sp³-hybridized carbons (Fsp3) is 0.333. The van der Waals surface area contributed by atoms with Crippen LogP contribution < -0.4 is 15.0 Å². The number of carbonyl (C=O) groups excluding carboxylic acids is 1. The van der Waals surface area contributed by atoms with E-state index in [0.29, 0.717) is 24.3 Å². The predicted molar refractivity (Wildman–Crippen MR) is 92.9 cm³/mol. The van der Waals surface area contributed by atoms with Crippen LogP contribution in [0.25, 0.3) is 11.3 Å². The maximum absolute atomic E-state index is 13.9. The van der Waals surface area contributed by atoms with E-state index < -0.39 is 17.9 Å². The number of hydrogen-bond donors (Lipinski definition) is 1. The van der Waals surface area contributed by atoms with Gasteiger partial charge >= 0.3 is 6.36 Å². The quantitative estimate of drug-likeness (QED) is 0.583. The number of nitrogens with zero attached hydrogens (tertiary/aromatic N) is 2. The Hall–Kier alpha value is -2.84. The van der Waals surface area contributed by atoms with Crippen LogP contribution >= 0.6 is 0 Å². The number of alkyl halides is 3. The number of hydrogen-bond acceptors (Lipinski definition) is 4. The van der Waals surface area contributed by atoms with Crippen molar-refractivity contribution in [1.29, 1.82) is 0 Å². The molecular weight excluding hydrogens is 366 g/mol. The fourth-order valence-corrected chi connectivity index (χ4v) is 2.39. The number of nitrogens with one attached hydrogen (secondary N) is 1. The largest absolute Gasteiger partial charge is 0.573 e. The summed E-state index contributed by atoms with van der Waals surface area (Å²) in [6.45, 7) is 2.66. The standard InChI is InChI=1S/C18H19F4N3O2/c1-12(26)23-7-3-9-25(2)14-6-8-24-16(11-14)13-4-5-17(15(19)10-13)27-18(20,21)22/h4-6,8,10-11H,3,7,9H2,1-2H3,(H,23,26). The Labute approximate surface area is 154 Å². The van der Waals surface area contributed by atoms with Crippen molar-refractivity contribution in [3.05, 3.63) is 42.3 Å². The molecule has 0 aliphatic rings. The first-order chi connectivity index (χ1) is 12.7. The van der Waals surface area contributed by atoms with Crippen molar-refractivity contribution in [3.63, 3.8) is 0 Å². The summed E-state index contributed by atoms with van der Waals surface area (Å²) in [6, 6.07) is 6.65. The molecule has 2 rings (SSSR count). The molecule has 0 atom stereocenters. The smallest absolute Gasteiger partial charge is 0.403 e. The number of aromatic nitrogens is 1. The zero-order valence-corrected chi connectivity index (χ0v) is 14.8. The summed E-state index contributed by atoms with van der Waals surface area (Å²) >= 11 is 0. The van der Waals surface area contributed by atoms with Crippen LogP contribution in [0.4, 0.5) is 23.2 Å². The van der Waals surface area contributed by atoms with Gasteiger partial charge in [0.2, 0.25) is 5.91 Å². The van der Waals surface area contributed by atoms with E-state index in [2.05, 4.69) is 15.0 Å². The highest BCUT2D eigenvalue weighted by Gasteiger charge is 2.32. The number of pyridine rings is 1. The molecule has 0 saturated carbocycles. The monoisotopic (exact) mass is 385 g/mol. The second-order valence-electron chi connectivity index (χ2n) is 5.85. The van der Waals surface area contributed by atoms with E-state index in [1.807, 2.05) is 11.9 Å². The lowest BCUT2D eigenvalue weighted by molar-refractivity contribution is -0.275. The summed E-state index contributed by atoms with van der Waals surface area (Å²) in [5.74, 6) is -2.11. The summed E-state index contributed by atoms with van der Waals surface area (Å²) in [6.07, 6.45) is -2.70. The lowest BCUT2D eigenvalue weighted by atomic mass is 10.1. The molecule has 146 valence electrons. The lowest BCUT2D eigenvalue weighted by Gasteiger charge is -2.20. The van der Waals surface area contributed by atoms with Crippen molar-refractivity contribution in [2.45, 2.75) is 19.7 Å². The Balaban J connectivity index is 2.10. The van der Waals surface area contributed by atoms with Crippen LogP contribution in [0.1, 0.15) is 13.3 Å². The highest BCUT2D eigenvalue weighted by Crippen LogP contribution is 2.30. The third kappa shape index (κ3) is 6.43. The number of anilines is 1. The van der Waals surface area contributed by atoms with Crippen LogP contribution in [0.15, 0.2) is 36.5 Å². The van der Waals surface area contributed by atoms with E-state index in [1.54, 1.807) is 12.1 Å². The van der Waals surface area contributed by atoms with Crippen LogP contribution in [-0.4, -0.2) is 37.4 Å². The van der Waals surface area contributed by atoms with Gasteiger partial charge in [-0.25, -0.2) is 4.39 Å². The molecule has 1 N–H and O–H groups in total. The van der Waals surface area contributed by atoms with Gasteiger partial charge in [0, 0.05) is 44.5 Å². The van der Waals surface area contributed by atoms with Gasteiger partial charge in [0.15, 0.2) is 11.6 Å². The van der Waals surface area contributed by atoms with Crippen molar-refractivity contribution in [2.24, 2.45) is 0 Å². The average Bonchev–Trinajstić information content (AvgIpc) is 2.59. The molecular formula is C18H19F4N3O2. The van der Waals surface area contributed by atoms with E-state index in [-0.39, 0.29) is 5.91 Å². The highest BCUT2D eigenvalue weighted by molar-refractivity contribution is 5.72. The van der Waals surface area contributed by atoms with Crippen LogP contribution in [0.2, 0.25) is 0 Å². The van der Waals surface area contributed by atoms with Gasteiger partial charge in [0.1, 0.15) is 0 Å². The maximum atomic E-state index is 13.9. The first kappa shape index (κ1) is 20.5. The predicted octanol–water partition coefficient (Wildman–Crippen LogP) is 3.75. The number of carbonyl (C=O) groups is 1. The van der Waals surface area contributed by atoms with E-state index in [4.69, 9.17) is 0 Å². The van der Waals surface area contributed by atoms with Gasteiger partial charge in [-0.1, -0.05) is 0 Å². The van der Waals surface area contributed by atoms with Gasteiger partial charge < -0.3 is 15.0 Å². The molecule has 1 heterocycles. The topological polar surface area (TPSA) is 54.5 Å². The zero-order chi connectivity index (χ0) is 20.0. The normalized spacial score (nSPS) is 11.2. The van der Waals surface area contributed by atoms with Gasteiger partial charge in [-0.2, -0.15) is 0 Å². The average molecular weight is 385 g/mol. The molecule has 0 bridgehead atoms. The van der Waals surface area contributed by atoms with E-state index in [1.165, 1.54) is 19.2 Å². The molecule has 2 aromatic rings. The fourth-order valence-electron chi connectivity index (χ4n) is 2.39. The van der Waals surface area contributed by atoms with Crippen molar-refractivity contribution in [1.82, 2.24) is 10.3 Å². The first-order valence-electron chi connectivity index (χ1n) is 8.13. The number of amides is 1. The van der Waals surface area contributed by atoms with Gasteiger partial charge in [0.05, 0.1) is 5.69 Å². The van der Waals surface area contributed by atoms with Crippen LogP contribution in [-0.2, 0) is 4.79 Å². The first-order valence-corrected chi connectivity index (χ1v) is 8.13. The summed E-state index contributed by atoms with van der Waals surface area (Å²) in [5.41, 5.74) is 1.55. The Kier molecular flexibility index (Phi) is 6.59. The number of benzene rings is 1. The molecule has 0 spiro atoms. The van der Waals surface area contributed by atoms with Gasteiger partial charge in [0.25, 0.3) is 0 Å². The minimum atomic E-state index is -4.96. The maximum Gasteiger partial charge on any atom is 0.573 e. The van der Waals surface area contributed by atoms with Crippen LogP contribution in [0, 0.1) is 5.82 Å². The van der Waals surface area contributed by atoms with Gasteiger partial charge in [-0.15, -0.1) is 13.2 Å². The molecule has 0 radical (unpaired) electrons. The highest BCUT2D eigenvalue weighted by atomic mass is 19.4. The Morgan fingerprint density at radius 2 is 2.00 bits per heavy atom. The number of rotatable bonds is 7. The SMILES string of the molecule is CC(=O)NCCCN(C)c1ccnc(-c2ccc(OC(F)(F)F)c(F)c2)c1. The lowest BCUT2D eigenvalue weighted by Crippen LogP contribution is -2.26. The van der Waals surface area contributed by atoms with Crippen LogP contribution in [0.3, 0.4) is 0 Å². The van der Waals surface area contributed by atoms with E-state index in [9.17, 15) is 22.4 Å². The molecule has 1 amide bonds. The molecule has 0 aliphatic heterocycles. The Morgan fingerprint density at radius 3 is 2.63 bits per heavy atom. The second kappa shape index (κ2) is 8.70. The van der Waals surface area contributed by atoms with Crippen molar-refractivity contribution >= 4 is 11.6 Å². The Morgan fingerprint density at radius 1 is 1.26 bits per heavy atom. The van der Waals surface area contributed by atoms with Gasteiger partial charge in [-0.3, -0.25) is 9.78 Å². The molecule has 1 aromatic heterocycles. The minimum Gasteiger partial charge on any atom is -0.403 e. The molecule has 9 heteroatoms. The molecule has 27 heavy (non-hydrogen) atoms. The second-order valence-corrected chi connectivity index (χ2v) is 5.85. The van der Waals surface area contributed by atoms with Crippen LogP contribution in [0.5, 0.6) is 5.75 Å². The molecule has 0 aliphatic carbocycles. The summed E-state index contributed by atoms with van der Waals surface area (Å²) < 4.78 is 54.2. The summed E-state index contributed by atoms with van der Waals surface area (Å²) in [7, 11) is 1.85. The summed E-state index contributed by atoms with van der Waals surface area (Å²) in [4.78, 5) is 16.9. The van der Waals surface area contributed by atoms with Gasteiger partial charge in [-0.05, 0) is 36.8 Å². The molecule has 0 unspecified atom stereocenters. The van der Waals surface area contributed by atoms with Crippen molar-refractivity contribution in [2.75, 3.05) is 25.0 Å². The molecule has 5 nitrogen and oxygen atoms in total. The number of ether oxygens (including phenoxy) is 1. The third-order valence-corrected chi connectivity index (χ3v) is 3.68. The molecule has 0 fully saturated rings. The zero-order valence-electron chi connectivity index (χ0n) is 14.8. The molecule has 1 aromatic carbocycles. The Bertz CT molecular complexity index is 796. The van der Waals surface area contributed by atoms with E-state index >= 15 is 0 Å². The number of halogens is 4. The van der Waals surface area contributed by atoms with Crippen molar-refractivity contribution < 1.29 is 27.1 Å². The summed E-state index contributed by atoms with van der Waals surface area (Å²) in [5, 5.41) is 2.71. The van der Waals surface area contributed by atoms with Crippen molar-refractivity contribution in [3.8, 4) is 17.0 Å². The molecule has 0 saturated heterocycles.